The van der Waals surface area contributed by atoms with Gasteiger partial charge in [-0.05, 0) is 48.1 Å². The number of nitrogens with one attached hydrogen (secondary N) is 1. The molecule has 7 heteroatoms. The largest absolute Gasteiger partial charge is 0.374 e. The Kier molecular flexibility index (Phi) is 7.05. The highest BCUT2D eigenvalue weighted by molar-refractivity contribution is 7.91. The molecule has 2 aromatic carbocycles. The van der Waals surface area contributed by atoms with Crippen LogP contribution in [0.15, 0.2) is 53.4 Å². The summed E-state index contributed by atoms with van der Waals surface area (Å²) in [6.07, 6.45) is 2.90. The van der Waals surface area contributed by atoms with Crippen LogP contribution >= 0.6 is 0 Å². The Hall–Kier alpha value is -2.22. The number of hydrogen-bond acceptors (Lipinski definition) is 5. The molecule has 1 unspecified atom stereocenters. The first-order chi connectivity index (χ1) is 15.0. The van der Waals surface area contributed by atoms with Crippen molar-refractivity contribution < 1.29 is 17.9 Å². The summed E-state index contributed by atoms with van der Waals surface area (Å²) in [5.41, 5.74) is 3.62. The molecule has 1 atom stereocenters. The van der Waals surface area contributed by atoms with E-state index in [1.807, 2.05) is 24.3 Å². The third kappa shape index (κ3) is 5.93. The number of amides is 1. The molecule has 6 nitrogen and oxygen atoms in total. The quantitative estimate of drug-likeness (QED) is 0.679. The zero-order valence-corrected chi connectivity index (χ0v) is 18.6. The fourth-order valence-corrected chi connectivity index (χ4v) is 5.58. The Morgan fingerprint density at radius 1 is 1.10 bits per heavy atom. The van der Waals surface area contributed by atoms with Crippen molar-refractivity contribution in [2.75, 3.05) is 32.0 Å². The number of fused-ring (bicyclic) bond motifs is 1. The standard InChI is InChI=1S/C24H30N2O4S/c27-24(11-14-31(28,29)23-10-9-20-7-4-8-21(20)15-23)25-16-22-18-26(12-13-30-22)17-19-5-2-1-3-6-19/h1-3,5-6,9-10,15,22H,4,7-8,11-14,16-18H2,(H,25,27). The SMILES string of the molecule is O=C(CCS(=O)(=O)c1ccc2c(c1)CCC2)NCC1CN(Cc2ccccc2)CCO1. The highest BCUT2D eigenvalue weighted by atomic mass is 32.2. The van der Waals surface area contributed by atoms with Crippen LogP contribution in [0.1, 0.15) is 29.5 Å². The number of morpholine rings is 1. The summed E-state index contributed by atoms with van der Waals surface area (Å²) in [7, 11) is -3.46. The van der Waals surface area contributed by atoms with Crippen LogP contribution in [0.3, 0.4) is 0 Å². The molecular formula is C24H30N2O4S. The molecule has 166 valence electrons. The maximum absolute atomic E-state index is 12.6. The Morgan fingerprint density at radius 3 is 2.74 bits per heavy atom. The molecular weight excluding hydrogens is 412 g/mol. The third-order valence-electron chi connectivity index (χ3n) is 6.03. The lowest BCUT2D eigenvalue weighted by Crippen LogP contribution is -2.47. The van der Waals surface area contributed by atoms with Gasteiger partial charge in [0.05, 0.1) is 23.4 Å². The minimum Gasteiger partial charge on any atom is -0.374 e. The topological polar surface area (TPSA) is 75.7 Å². The molecule has 1 aliphatic carbocycles. The van der Waals surface area contributed by atoms with E-state index in [1.165, 1.54) is 11.1 Å². The second-order valence-electron chi connectivity index (χ2n) is 8.37. The summed E-state index contributed by atoms with van der Waals surface area (Å²) in [5, 5.41) is 2.85. The summed E-state index contributed by atoms with van der Waals surface area (Å²) < 4.78 is 31.1. The number of aryl methyl sites for hydroxylation is 2. The number of ether oxygens (including phenoxy) is 1. The number of carbonyl (C=O) groups is 1. The lowest BCUT2D eigenvalue weighted by atomic mass is 10.1. The average Bonchev–Trinajstić information content (AvgIpc) is 3.25. The summed E-state index contributed by atoms with van der Waals surface area (Å²) in [4.78, 5) is 14.9. The molecule has 1 aliphatic heterocycles. The van der Waals surface area contributed by atoms with E-state index >= 15 is 0 Å². The molecule has 0 saturated carbocycles. The second kappa shape index (κ2) is 9.94. The molecule has 1 N–H and O–H groups in total. The molecule has 0 spiro atoms. The third-order valence-corrected chi connectivity index (χ3v) is 7.74. The number of sulfone groups is 1. The van der Waals surface area contributed by atoms with Gasteiger partial charge in [-0.25, -0.2) is 8.42 Å². The van der Waals surface area contributed by atoms with Gasteiger partial charge in [0.1, 0.15) is 0 Å². The minimum atomic E-state index is -3.46. The van der Waals surface area contributed by atoms with Gasteiger partial charge in [0, 0.05) is 32.6 Å². The van der Waals surface area contributed by atoms with Crippen molar-refractivity contribution in [3.05, 3.63) is 65.2 Å². The number of carbonyl (C=O) groups excluding carboxylic acids is 1. The molecule has 0 bridgehead atoms. The number of hydrogen-bond donors (Lipinski definition) is 1. The van der Waals surface area contributed by atoms with Crippen LogP contribution in [0.25, 0.3) is 0 Å². The van der Waals surface area contributed by atoms with Crippen LogP contribution in [0, 0.1) is 0 Å². The summed E-state index contributed by atoms with van der Waals surface area (Å²) in [6, 6.07) is 15.7. The van der Waals surface area contributed by atoms with Gasteiger partial charge in [-0.3, -0.25) is 9.69 Å². The van der Waals surface area contributed by atoms with Gasteiger partial charge >= 0.3 is 0 Å². The van der Waals surface area contributed by atoms with E-state index in [-0.39, 0.29) is 24.2 Å². The predicted octanol–water partition coefficient (Wildman–Crippen LogP) is 2.36. The van der Waals surface area contributed by atoms with E-state index in [9.17, 15) is 13.2 Å². The first-order valence-electron chi connectivity index (χ1n) is 11.0. The van der Waals surface area contributed by atoms with E-state index in [0.29, 0.717) is 18.0 Å². The molecule has 1 heterocycles. The maximum atomic E-state index is 12.6. The van der Waals surface area contributed by atoms with E-state index in [2.05, 4.69) is 22.3 Å². The van der Waals surface area contributed by atoms with Crippen molar-refractivity contribution in [3.8, 4) is 0 Å². The highest BCUT2D eigenvalue weighted by Crippen LogP contribution is 2.25. The summed E-state index contributed by atoms with van der Waals surface area (Å²) in [5.74, 6) is -0.433. The first kappa shape index (κ1) is 22.0. The second-order valence-corrected chi connectivity index (χ2v) is 10.5. The monoisotopic (exact) mass is 442 g/mol. The van der Waals surface area contributed by atoms with Crippen LogP contribution in [-0.2, 0) is 38.8 Å². The molecule has 1 saturated heterocycles. The van der Waals surface area contributed by atoms with Gasteiger partial charge < -0.3 is 10.1 Å². The van der Waals surface area contributed by atoms with Crippen LogP contribution in [0.4, 0.5) is 0 Å². The van der Waals surface area contributed by atoms with E-state index in [0.717, 1.165) is 44.5 Å². The average molecular weight is 443 g/mol. The lowest BCUT2D eigenvalue weighted by molar-refractivity contribution is -0.122. The Morgan fingerprint density at radius 2 is 1.90 bits per heavy atom. The fourth-order valence-electron chi connectivity index (χ4n) is 4.29. The molecule has 0 radical (unpaired) electrons. The van der Waals surface area contributed by atoms with Crippen LogP contribution in [0.5, 0.6) is 0 Å². The molecule has 31 heavy (non-hydrogen) atoms. The molecule has 4 rings (SSSR count). The Labute approximate surface area is 184 Å². The normalized spacial score (nSPS) is 19.2. The van der Waals surface area contributed by atoms with Crippen molar-refractivity contribution in [1.29, 1.82) is 0 Å². The van der Waals surface area contributed by atoms with E-state index < -0.39 is 9.84 Å². The number of rotatable bonds is 8. The van der Waals surface area contributed by atoms with Crippen molar-refractivity contribution in [2.24, 2.45) is 0 Å². The van der Waals surface area contributed by atoms with Crippen molar-refractivity contribution >= 4 is 15.7 Å². The van der Waals surface area contributed by atoms with Gasteiger partial charge in [0.25, 0.3) is 0 Å². The smallest absolute Gasteiger partial charge is 0.221 e. The van der Waals surface area contributed by atoms with Gasteiger partial charge in [-0.2, -0.15) is 0 Å². The van der Waals surface area contributed by atoms with Crippen LogP contribution in [-0.4, -0.2) is 57.3 Å². The molecule has 0 aromatic heterocycles. The van der Waals surface area contributed by atoms with E-state index in [1.54, 1.807) is 12.1 Å². The minimum absolute atomic E-state index is 0.0418. The number of nitrogens with zero attached hydrogens (tertiary/aromatic N) is 1. The van der Waals surface area contributed by atoms with Gasteiger partial charge in [0.15, 0.2) is 9.84 Å². The zero-order chi connectivity index (χ0) is 21.7. The van der Waals surface area contributed by atoms with Crippen LogP contribution < -0.4 is 5.32 Å². The Balaban J connectivity index is 1.22. The van der Waals surface area contributed by atoms with Crippen molar-refractivity contribution in [1.82, 2.24) is 10.2 Å². The van der Waals surface area contributed by atoms with Crippen LogP contribution in [0.2, 0.25) is 0 Å². The lowest BCUT2D eigenvalue weighted by Gasteiger charge is -2.33. The highest BCUT2D eigenvalue weighted by Gasteiger charge is 2.23. The number of benzene rings is 2. The molecule has 2 aliphatic rings. The molecule has 1 amide bonds. The van der Waals surface area contributed by atoms with Gasteiger partial charge in [-0.1, -0.05) is 36.4 Å². The zero-order valence-electron chi connectivity index (χ0n) is 17.8. The molecule has 1 fully saturated rings. The predicted molar refractivity (Wildman–Crippen MR) is 120 cm³/mol. The van der Waals surface area contributed by atoms with Gasteiger partial charge in [0.2, 0.25) is 5.91 Å². The summed E-state index contributed by atoms with van der Waals surface area (Å²) >= 11 is 0. The fraction of sp³-hybridized carbons (Fsp3) is 0.458. The van der Waals surface area contributed by atoms with E-state index in [4.69, 9.17) is 4.74 Å². The first-order valence-corrected chi connectivity index (χ1v) is 12.6. The maximum Gasteiger partial charge on any atom is 0.221 e. The van der Waals surface area contributed by atoms with Crippen molar-refractivity contribution in [3.63, 3.8) is 0 Å². The van der Waals surface area contributed by atoms with Crippen molar-refractivity contribution in [2.45, 2.75) is 43.2 Å². The van der Waals surface area contributed by atoms with Gasteiger partial charge in [-0.15, -0.1) is 0 Å². The summed E-state index contributed by atoms with van der Waals surface area (Å²) in [6.45, 7) is 3.47. The molecule has 2 aromatic rings. The Bertz CT molecular complexity index is 1010.